The SMILES string of the molecule is COc1ccc(CN(C(=O)C(c2ccccc2)c2ccccc2)C(Cc2ccccc2)C(=O)N2CCCC2)cc1. The molecule has 1 unspecified atom stereocenters. The van der Waals surface area contributed by atoms with Crippen LogP contribution in [0.4, 0.5) is 0 Å². The Hall–Kier alpha value is -4.38. The van der Waals surface area contributed by atoms with Crippen molar-refractivity contribution in [2.24, 2.45) is 0 Å². The molecule has 5 rings (SSSR count). The Labute approximate surface area is 237 Å². The summed E-state index contributed by atoms with van der Waals surface area (Å²) in [5, 5.41) is 0. The molecule has 5 heteroatoms. The van der Waals surface area contributed by atoms with Gasteiger partial charge in [0.05, 0.1) is 13.0 Å². The van der Waals surface area contributed by atoms with E-state index in [-0.39, 0.29) is 11.8 Å². The van der Waals surface area contributed by atoms with Crippen molar-refractivity contribution in [3.8, 4) is 5.75 Å². The molecule has 0 aromatic heterocycles. The highest BCUT2D eigenvalue weighted by Gasteiger charge is 2.38. The number of likely N-dealkylation sites (tertiary alicyclic amines) is 1. The second kappa shape index (κ2) is 13.1. The molecular formula is C35H36N2O3. The van der Waals surface area contributed by atoms with E-state index in [1.807, 2.05) is 125 Å². The standard InChI is InChI=1S/C35H36N2O3/c1-40-31-21-19-28(20-22-31)26-37(32(25-27-13-5-2-6-14-27)34(38)36-23-11-12-24-36)35(39)33(29-15-7-3-8-16-29)30-17-9-4-10-18-30/h2-10,13-22,32-33H,11-12,23-26H2,1H3. The summed E-state index contributed by atoms with van der Waals surface area (Å²) in [5.74, 6) is 0.150. The van der Waals surface area contributed by atoms with Crippen LogP contribution in [0.1, 0.15) is 41.0 Å². The van der Waals surface area contributed by atoms with E-state index in [1.54, 1.807) is 7.11 Å². The van der Waals surface area contributed by atoms with E-state index in [0.717, 1.165) is 53.9 Å². The third-order valence-electron chi connectivity index (χ3n) is 7.66. The Bertz CT molecular complexity index is 1330. The van der Waals surface area contributed by atoms with Crippen LogP contribution in [-0.4, -0.2) is 47.9 Å². The molecule has 0 saturated carbocycles. The van der Waals surface area contributed by atoms with Gasteiger partial charge < -0.3 is 14.5 Å². The molecule has 4 aromatic rings. The lowest BCUT2D eigenvalue weighted by Gasteiger charge is -2.36. The van der Waals surface area contributed by atoms with Gasteiger partial charge in [0.25, 0.3) is 0 Å². The molecule has 4 aromatic carbocycles. The number of carbonyl (C=O) groups is 2. The Morgan fingerprint density at radius 3 is 1.77 bits per heavy atom. The van der Waals surface area contributed by atoms with Gasteiger partial charge in [0, 0.05) is 26.1 Å². The molecule has 0 spiro atoms. The van der Waals surface area contributed by atoms with Gasteiger partial charge in [-0.25, -0.2) is 0 Å². The predicted octanol–water partition coefficient (Wildman–Crippen LogP) is 6.09. The van der Waals surface area contributed by atoms with E-state index < -0.39 is 12.0 Å². The Kier molecular flexibility index (Phi) is 8.92. The van der Waals surface area contributed by atoms with Gasteiger partial charge in [0.1, 0.15) is 11.8 Å². The van der Waals surface area contributed by atoms with Gasteiger partial charge in [-0.2, -0.15) is 0 Å². The number of methoxy groups -OCH3 is 1. The fraction of sp³-hybridized carbons (Fsp3) is 0.257. The first-order chi connectivity index (χ1) is 19.6. The van der Waals surface area contributed by atoms with Crippen LogP contribution < -0.4 is 4.74 Å². The molecule has 40 heavy (non-hydrogen) atoms. The zero-order valence-electron chi connectivity index (χ0n) is 23.0. The van der Waals surface area contributed by atoms with E-state index >= 15 is 0 Å². The van der Waals surface area contributed by atoms with Crippen LogP contribution in [0.2, 0.25) is 0 Å². The topological polar surface area (TPSA) is 49.9 Å². The highest BCUT2D eigenvalue weighted by molar-refractivity contribution is 5.93. The molecule has 1 aliphatic rings. The molecule has 0 aliphatic carbocycles. The molecule has 1 aliphatic heterocycles. The Morgan fingerprint density at radius 2 is 1.25 bits per heavy atom. The smallest absolute Gasteiger partial charge is 0.245 e. The highest BCUT2D eigenvalue weighted by Crippen LogP contribution is 2.30. The number of rotatable bonds is 10. The van der Waals surface area contributed by atoms with Crippen LogP contribution >= 0.6 is 0 Å². The zero-order valence-corrected chi connectivity index (χ0v) is 23.0. The number of ether oxygens (including phenoxy) is 1. The van der Waals surface area contributed by atoms with Crippen LogP contribution in [-0.2, 0) is 22.6 Å². The van der Waals surface area contributed by atoms with Gasteiger partial charge >= 0.3 is 0 Å². The fourth-order valence-corrected chi connectivity index (χ4v) is 5.52. The molecule has 1 saturated heterocycles. The van der Waals surface area contributed by atoms with Gasteiger partial charge in [0.15, 0.2) is 0 Å². The number of carbonyl (C=O) groups excluding carboxylic acids is 2. The summed E-state index contributed by atoms with van der Waals surface area (Å²) in [5.41, 5.74) is 3.79. The number of benzene rings is 4. The second-order valence-corrected chi connectivity index (χ2v) is 10.3. The van der Waals surface area contributed by atoms with Crippen molar-refractivity contribution in [2.45, 2.75) is 37.8 Å². The minimum Gasteiger partial charge on any atom is -0.497 e. The van der Waals surface area contributed by atoms with Crippen molar-refractivity contribution < 1.29 is 14.3 Å². The first-order valence-electron chi connectivity index (χ1n) is 14.0. The van der Waals surface area contributed by atoms with Crippen LogP contribution in [0.25, 0.3) is 0 Å². The quantitative estimate of drug-likeness (QED) is 0.248. The lowest BCUT2D eigenvalue weighted by molar-refractivity contribution is -0.146. The summed E-state index contributed by atoms with van der Waals surface area (Å²) in [6.07, 6.45) is 2.44. The molecule has 0 radical (unpaired) electrons. The van der Waals surface area contributed by atoms with Crippen molar-refractivity contribution in [3.05, 3.63) is 138 Å². The molecule has 1 heterocycles. The number of nitrogens with zero attached hydrogens (tertiary/aromatic N) is 2. The third-order valence-corrected chi connectivity index (χ3v) is 7.66. The zero-order chi connectivity index (χ0) is 27.7. The van der Waals surface area contributed by atoms with Crippen molar-refractivity contribution >= 4 is 11.8 Å². The molecule has 1 atom stereocenters. The molecule has 2 amide bonds. The van der Waals surface area contributed by atoms with E-state index in [0.29, 0.717) is 13.0 Å². The summed E-state index contributed by atoms with van der Waals surface area (Å²) in [4.78, 5) is 32.8. The molecular weight excluding hydrogens is 496 g/mol. The first-order valence-corrected chi connectivity index (χ1v) is 14.0. The largest absolute Gasteiger partial charge is 0.497 e. The molecule has 0 bridgehead atoms. The summed E-state index contributed by atoms with van der Waals surface area (Å²) in [6, 6.07) is 36.9. The predicted molar refractivity (Wildman–Crippen MR) is 158 cm³/mol. The maximum Gasteiger partial charge on any atom is 0.245 e. The summed E-state index contributed by atoms with van der Waals surface area (Å²) >= 11 is 0. The minimum atomic E-state index is -0.634. The number of amides is 2. The molecule has 204 valence electrons. The third kappa shape index (κ3) is 6.42. The van der Waals surface area contributed by atoms with E-state index in [2.05, 4.69) is 0 Å². The highest BCUT2D eigenvalue weighted by atomic mass is 16.5. The van der Waals surface area contributed by atoms with Gasteiger partial charge in [-0.05, 0) is 47.2 Å². The average Bonchev–Trinajstić information content (AvgIpc) is 3.56. The van der Waals surface area contributed by atoms with Gasteiger partial charge in [0.2, 0.25) is 11.8 Å². The van der Waals surface area contributed by atoms with Crippen LogP contribution in [0.3, 0.4) is 0 Å². The van der Waals surface area contributed by atoms with Crippen molar-refractivity contribution in [1.29, 1.82) is 0 Å². The maximum atomic E-state index is 14.9. The first kappa shape index (κ1) is 27.2. The lowest BCUT2D eigenvalue weighted by Crippen LogP contribution is -2.52. The minimum absolute atomic E-state index is 0.0167. The summed E-state index contributed by atoms with van der Waals surface area (Å²) in [7, 11) is 1.64. The molecule has 1 fully saturated rings. The Balaban J connectivity index is 1.60. The van der Waals surface area contributed by atoms with E-state index in [4.69, 9.17) is 4.74 Å². The van der Waals surface area contributed by atoms with Gasteiger partial charge in [-0.3, -0.25) is 9.59 Å². The number of hydrogen-bond acceptors (Lipinski definition) is 3. The van der Waals surface area contributed by atoms with Crippen molar-refractivity contribution in [2.75, 3.05) is 20.2 Å². The molecule has 5 nitrogen and oxygen atoms in total. The average molecular weight is 533 g/mol. The van der Waals surface area contributed by atoms with Crippen LogP contribution in [0, 0.1) is 0 Å². The van der Waals surface area contributed by atoms with Crippen molar-refractivity contribution in [3.63, 3.8) is 0 Å². The Morgan fingerprint density at radius 1 is 0.725 bits per heavy atom. The summed E-state index contributed by atoms with van der Waals surface area (Å²) < 4.78 is 5.37. The van der Waals surface area contributed by atoms with E-state index in [9.17, 15) is 9.59 Å². The van der Waals surface area contributed by atoms with Gasteiger partial charge in [-0.15, -0.1) is 0 Å². The van der Waals surface area contributed by atoms with Gasteiger partial charge in [-0.1, -0.05) is 103 Å². The van der Waals surface area contributed by atoms with E-state index in [1.165, 1.54) is 0 Å². The van der Waals surface area contributed by atoms with Crippen LogP contribution in [0.15, 0.2) is 115 Å². The number of hydrogen-bond donors (Lipinski definition) is 0. The summed E-state index contributed by atoms with van der Waals surface area (Å²) in [6.45, 7) is 1.78. The molecule has 0 N–H and O–H groups in total. The second-order valence-electron chi connectivity index (χ2n) is 10.3. The maximum absolute atomic E-state index is 14.9. The normalized spacial score (nSPS) is 13.7. The monoisotopic (exact) mass is 532 g/mol. The van der Waals surface area contributed by atoms with Crippen LogP contribution in [0.5, 0.6) is 5.75 Å². The van der Waals surface area contributed by atoms with Crippen molar-refractivity contribution in [1.82, 2.24) is 9.80 Å². The lowest BCUT2D eigenvalue weighted by atomic mass is 9.88. The fourth-order valence-electron chi connectivity index (χ4n) is 5.52.